The third kappa shape index (κ3) is 4.87. The van der Waals surface area contributed by atoms with Crippen LogP contribution >= 0.6 is 11.3 Å². The topological polar surface area (TPSA) is 49.3 Å². The molecular formula is C19H19FN4S. The Hall–Kier alpha value is -2.73. The highest BCUT2D eigenvalue weighted by Gasteiger charge is 2.05. The van der Waals surface area contributed by atoms with Crippen molar-refractivity contribution in [2.45, 2.75) is 13.1 Å². The van der Waals surface area contributed by atoms with Crippen LogP contribution in [0.15, 0.2) is 65.0 Å². The molecule has 2 aromatic carbocycles. The third-order valence-electron chi connectivity index (χ3n) is 3.61. The molecule has 0 aliphatic carbocycles. The van der Waals surface area contributed by atoms with Crippen molar-refractivity contribution < 1.29 is 4.39 Å². The first kappa shape index (κ1) is 17.1. The Morgan fingerprint density at radius 1 is 1.04 bits per heavy atom. The quantitative estimate of drug-likeness (QED) is 0.541. The predicted octanol–water partition coefficient (Wildman–Crippen LogP) is 3.81. The highest BCUT2D eigenvalue weighted by molar-refractivity contribution is 7.13. The van der Waals surface area contributed by atoms with Gasteiger partial charge in [-0.1, -0.05) is 42.5 Å². The van der Waals surface area contributed by atoms with Gasteiger partial charge in [-0.2, -0.15) is 0 Å². The molecule has 0 spiro atoms. The van der Waals surface area contributed by atoms with Crippen molar-refractivity contribution in [3.05, 3.63) is 77.1 Å². The van der Waals surface area contributed by atoms with Gasteiger partial charge in [0.25, 0.3) is 0 Å². The van der Waals surface area contributed by atoms with Crippen LogP contribution < -0.4 is 10.6 Å². The molecule has 3 rings (SSSR count). The molecule has 128 valence electrons. The summed E-state index contributed by atoms with van der Waals surface area (Å²) in [6.07, 6.45) is 0. The molecule has 0 atom stereocenters. The van der Waals surface area contributed by atoms with E-state index in [0.717, 1.165) is 21.8 Å². The number of hydrogen-bond acceptors (Lipinski definition) is 3. The lowest BCUT2D eigenvalue weighted by atomic mass is 10.2. The maximum atomic E-state index is 12.9. The fraction of sp³-hybridized carbons (Fsp3) is 0.158. The highest BCUT2D eigenvalue weighted by atomic mass is 32.1. The monoisotopic (exact) mass is 354 g/mol. The van der Waals surface area contributed by atoms with E-state index in [-0.39, 0.29) is 5.82 Å². The number of benzene rings is 2. The van der Waals surface area contributed by atoms with Crippen LogP contribution in [-0.4, -0.2) is 18.0 Å². The molecule has 3 aromatic rings. The summed E-state index contributed by atoms with van der Waals surface area (Å²) in [7, 11) is 1.72. The van der Waals surface area contributed by atoms with Crippen LogP contribution in [0.2, 0.25) is 0 Å². The molecule has 25 heavy (non-hydrogen) atoms. The van der Waals surface area contributed by atoms with Crippen LogP contribution in [0, 0.1) is 5.82 Å². The highest BCUT2D eigenvalue weighted by Crippen LogP contribution is 2.23. The van der Waals surface area contributed by atoms with Gasteiger partial charge in [0.2, 0.25) is 0 Å². The Morgan fingerprint density at radius 2 is 1.76 bits per heavy atom. The molecule has 0 saturated heterocycles. The molecule has 0 amide bonds. The second-order valence-corrected chi connectivity index (χ2v) is 6.27. The van der Waals surface area contributed by atoms with Crippen molar-refractivity contribution in [1.29, 1.82) is 0 Å². The SMILES string of the molecule is CN=C(NCc1ccc(F)cc1)NCc1csc(-c2ccccc2)n1. The molecule has 0 aliphatic heterocycles. The summed E-state index contributed by atoms with van der Waals surface area (Å²) in [6, 6.07) is 16.5. The van der Waals surface area contributed by atoms with E-state index in [1.165, 1.54) is 12.1 Å². The van der Waals surface area contributed by atoms with Gasteiger partial charge in [0, 0.05) is 24.5 Å². The maximum Gasteiger partial charge on any atom is 0.191 e. The van der Waals surface area contributed by atoms with Gasteiger partial charge in [0.1, 0.15) is 10.8 Å². The first-order valence-electron chi connectivity index (χ1n) is 7.93. The van der Waals surface area contributed by atoms with Gasteiger partial charge < -0.3 is 10.6 Å². The standard InChI is InChI=1S/C19H19FN4S/c1-21-19(22-11-14-7-9-16(20)10-8-14)23-12-17-13-25-18(24-17)15-5-3-2-4-6-15/h2-10,13H,11-12H2,1H3,(H2,21,22,23). The number of thiazole rings is 1. The molecule has 0 aliphatic rings. The van der Waals surface area contributed by atoms with Crippen molar-refractivity contribution in [3.63, 3.8) is 0 Å². The zero-order valence-electron chi connectivity index (χ0n) is 13.9. The van der Waals surface area contributed by atoms with Gasteiger partial charge in [-0.3, -0.25) is 4.99 Å². The fourth-order valence-electron chi connectivity index (χ4n) is 2.28. The van der Waals surface area contributed by atoms with E-state index in [9.17, 15) is 4.39 Å². The van der Waals surface area contributed by atoms with E-state index in [0.29, 0.717) is 19.0 Å². The Kier molecular flexibility index (Phi) is 5.74. The zero-order chi connectivity index (χ0) is 17.5. The van der Waals surface area contributed by atoms with E-state index in [1.54, 1.807) is 30.5 Å². The summed E-state index contributed by atoms with van der Waals surface area (Å²) in [6.45, 7) is 1.17. The molecule has 0 saturated carbocycles. The Labute approximate surface area is 150 Å². The van der Waals surface area contributed by atoms with E-state index in [1.807, 2.05) is 23.6 Å². The van der Waals surface area contributed by atoms with Crippen molar-refractivity contribution in [2.75, 3.05) is 7.05 Å². The maximum absolute atomic E-state index is 12.9. The van der Waals surface area contributed by atoms with E-state index in [2.05, 4.69) is 32.7 Å². The van der Waals surface area contributed by atoms with Crippen molar-refractivity contribution in [1.82, 2.24) is 15.6 Å². The molecule has 1 aromatic heterocycles. The molecule has 1 heterocycles. The lowest BCUT2D eigenvalue weighted by molar-refractivity contribution is 0.626. The summed E-state index contributed by atoms with van der Waals surface area (Å²) in [5.74, 6) is 0.447. The average Bonchev–Trinajstić information content (AvgIpc) is 3.13. The summed E-state index contributed by atoms with van der Waals surface area (Å²) in [5, 5.41) is 9.50. The minimum absolute atomic E-state index is 0.232. The normalized spacial score (nSPS) is 11.4. The van der Waals surface area contributed by atoms with Gasteiger partial charge in [0.15, 0.2) is 5.96 Å². The zero-order valence-corrected chi connectivity index (χ0v) is 14.7. The lowest BCUT2D eigenvalue weighted by Gasteiger charge is -2.11. The third-order valence-corrected chi connectivity index (χ3v) is 4.55. The molecule has 0 unspecified atom stereocenters. The summed E-state index contributed by atoms with van der Waals surface area (Å²) in [5.41, 5.74) is 3.08. The number of aromatic nitrogens is 1. The average molecular weight is 354 g/mol. The van der Waals surface area contributed by atoms with Crippen LogP contribution in [0.5, 0.6) is 0 Å². The van der Waals surface area contributed by atoms with Gasteiger partial charge in [-0.25, -0.2) is 9.37 Å². The van der Waals surface area contributed by atoms with Crippen LogP contribution in [0.25, 0.3) is 10.6 Å². The second kappa shape index (κ2) is 8.39. The summed E-state index contributed by atoms with van der Waals surface area (Å²) >= 11 is 1.63. The molecule has 0 fully saturated rings. The smallest absolute Gasteiger partial charge is 0.191 e. The molecule has 0 bridgehead atoms. The van der Waals surface area contributed by atoms with E-state index in [4.69, 9.17) is 0 Å². The minimum Gasteiger partial charge on any atom is -0.352 e. The number of guanidine groups is 1. The number of aliphatic imine (C=N–C) groups is 1. The summed E-state index contributed by atoms with van der Waals surface area (Å²) < 4.78 is 12.9. The molecule has 2 N–H and O–H groups in total. The van der Waals surface area contributed by atoms with Gasteiger partial charge in [-0.15, -0.1) is 11.3 Å². The molecule has 6 heteroatoms. The second-order valence-electron chi connectivity index (χ2n) is 5.42. The van der Waals surface area contributed by atoms with Gasteiger partial charge in [-0.05, 0) is 17.7 Å². The van der Waals surface area contributed by atoms with Crippen molar-refractivity contribution >= 4 is 17.3 Å². The Bertz CT molecular complexity index is 828. The van der Waals surface area contributed by atoms with Gasteiger partial charge >= 0.3 is 0 Å². The van der Waals surface area contributed by atoms with E-state index < -0.39 is 0 Å². The number of nitrogens with zero attached hydrogens (tertiary/aromatic N) is 2. The van der Waals surface area contributed by atoms with Crippen LogP contribution in [-0.2, 0) is 13.1 Å². The van der Waals surface area contributed by atoms with Crippen molar-refractivity contribution in [3.8, 4) is 10.6 Å². The first-order valence-corrected chi connectivity index (χ1v) is 8.81. The van der Waals surface area contributed by atoms with Crippen LogP contribution in [0.1, 0.15) is 11.3 Å². The molecule has 0 radical (unpaired) electrons. The number of halogens is 1. The fourth-order valence-corrected chi connectivity index (χ4v) is 3.11. The minimum atomic E-state index is -0.232. The molecule has 4 nitrogen and oxygen atoms in total. The van der Waals surface area contributed by atoms with Crippen LogP contribution in [0.4, 0.5) is 4.39 Å². The predicted molar refractivity (Wildman–Crippen MR) is 101 cm³/mol. The molecular weight excluding hydrogens is 335 g/mol. The summed E-state index contributed by atoms with van der Waals surface area (Å²) in [4.78, 5) is 8.84. The number of hydrogen-bond donors (Lipinski definition) is 2. The number of nitrogens with one attached hydrogen (secondary N) is 2. The largest absolute Gasteiger partial charge is 0.352 e. The number of rotatable bonds is 5. The Morgan fingerprint density at radius 3 is 2.48 bits per heavy atom. The van der Waals surface area contributed by atoms with E-state index >= 15 is 0 Å². The van der Waals surface area contributed by atoms with Crippen LogP contribution in [0.3, 0.4) is 0 Å². The Balaban J connectivity index is 1.53. The van der Waals surface area contributed by atoms with Crippen molar-refractivity contribution in [2.24, 2.45) is 4.99 Å². The van der Waals surface area contributed by atoms with Gasteiger partial charge in [0.05, 0.1) is 12.2 Å². The lowest BCUT2D eigenvalue weighted by Crippen LogP contribution is -2.36. The first-order chi connectivity index (χ1) is 12.2.